The Morgan fingerprint density at radius 1 is 1.17 bits per heavy atom. The number of hydrogen-bond donors (Lipinski definition) is 0. The predicted octanol–water partition coefficient (Wildman–Crippen LogP) is 2.89. The second-order valence-electron chi connectivity index (χ2n) is 6.67. The van der Waals surface area contributed by atoms with Gasteiger partial charge in [-0.1, -0.05) is 0 Å². The first-order valence-electron chi connectivity index (χ1n) is 8.97. The first kappa shape index (κ1) is 19.9. The van der Waals surface area contributed by atoms with Crippen LogP contribution in [-0.4, -0.2) is 41.9 Å². The van der Waals surface area contributed by atoms with Crippen LogP contribution in [0.2, 0.25) is 0 Å². The van der Waals surface area contributed by atoms with Crippen LogP contribution < -0.4 is 4.74 Å². The standard InChI is InChI=1S/C18H16F4N6O2/c1-11-15-23-24-17(18(20,21)22)28(15)9-8-27(11)16(29)14-6-7-26(25-14)10-30-13-4-2-12(19)3-5-13/h2-7,11H,8-10H2,1H3. The fraction of sp³-hybridized carbons (Fsp3) is 0.333. The Morgan fingerprint density at radius 2 is 1.90 bits per heavy atom. The van der Waals surface area contributed by atoms with Crippen LogP contribution in [0.5, 0.6) is 5.75 Å². The zero-order chi connectivity index (χ0) is 21.5. The molecule has 1 unspecified atom stereocenters. The van der Waals surface area contributed by atoms with Crippen LogP contribution >= 0.6 is 0 Å². The molecule has 12 heteroatoms. The van der Waals surface area contributed by atoms with Crippen molar-refractivity contribution in [2.45, 2.75) is 32.4 Å². The highest BCUT2D eigenvalue weighted by atomic mass is 19.4. The van der Waals surface area contributed by atoms with Gasteiger partial charge in [0.2, 0.25) is 5.82 Å². The minimum Gasteiger partial charge on any atom is -0.471 e. The topological polar surface area (TPSA) is 78.1 Å². The van der Waals surface area contributed by atoms with E-state index in [0.29, 0.717) is 5.75 Å². The second-order valence-corrected chi connectivity index (χ2v) is 6.67. The molecular formula is C18H16F4N6O2. The van der Waals surface area contributed by atoms with Crippen LogP contribution in [0.3, 0.4) is 0 Å². The molecule has 8 nitrogen and oxygen atoms in total. The number of ether oxygens (including phenoxy) is 1. The van der Waals surface area contributed by atoms with E-state index in [4.69, 9.17) is 4.74 Å². The highest BCUT2D eigenvalue weighted by Crippen LogP contribution is 2.33. The first-order chi connectivity index (χ1) is 14.2. The second kappa shape index (κ2) is 7.43. The zero-order valence-corrected chi connectivity index (χ0v) is 15.7. The Bertz CT molecular complexity index is 1060. The molecule has 30 heavy (non-hydrogen) atoms. The number of carbonyl (C=O) groups excluding carboxylic acids is 1. The van der Waals surface area contributed by atoms with Gasteiger partial charge in [0, 0.05) is 19.3 Å². The fourth-order valence-electron chi connectivity index (χ4n) is 3.24. The summed E-state index contributed by atoms with van der Waals surface area (Å²) >= 11 is 0. The Balaban J connectivity index is 1.45. The summed E-state index contributed by atoms with van der Waals surface area (Å²) in [5.41, 5.74) is 0.119. The molecular weight excluding hydrogens is 408 g/mol. The third-order valence-electron chi connectivity index (χ3n) is 4.74. The molecule has 0 saturated carbocycles. The number of hydrogen-bond acceptors (Lipinski definition) is 5. The lowest BCUT2D eigenvalue weighted by atomic mass is 10.2. The van der Waals surface area contributed by atoms with Crippen molar-refractivity contribution in [2.75, 3.05) is 6.54 Å². The molecule has 158 valence electrons. The SMILES string of the molecule is CC1c2nnc(C(F)(F)F)n2CCN1C(=O)c1ccn(COc2ccc(F)cc2)n1. The normalized spacial score (nSPS) is 16.4. The minimum atomic E-state index is -4.61. The van der Waals surface area contributed by atoms with Gasteiger partial charge in [0.15, 0.2) is 18.2 Å². The number of alkyl halides is 3. The average Bonchev–Trinajstić information content (AvgIpc) is 3.35. The van der Waals surface area contributed by atoms with Crippen molar-refractivity contribution in [2.24, 2.45) is 0 Å². The van der Waals surface area contributed by atoms with E-state index in [1.54, 1.807) is 6.92 Å². The van der Waals surface area contributed by atoms with E-state index in [0.717, 1.165) is 4.57 Å². The van der Waals surface area contributed by atoms with Gasteiger partial charge < -0.3 is 14.2 Å². The van der Waals surface area contributed by atoms with Crippen molar-refractivity contribution in [1.29, 1.82) is 0 Å². The van der Waals surface area contributed by atoms with Gasteiger partial charge in [-0.15, -0.1) is 10.2 Å². The molecule has 0 N–H and O–H groups in total. The molecule has 0 radical (unpaired) electrons. The van der Waals surface area contributed by atoms with E-state index >= 15 is 0 Å². The quantitative estimate of drug-likeness (QED) is 0.602. The highest BCUT2D eigenvalue weighted by molar-refractivity contribution is 5.92. The van der Waals surface area contributed by atoms with Gasteiger partial charge in [-0.05, 0) is 37.3 Å². The van der Waals surface area contributed by atoms with Crippen LogP contribution in [0.15, 0.2) is 36.5 Å². The summed E-state index contributed by atoms with van der Waals surface area (Å²) in [7, 11) is 0. The van der Waals surface area contributed by atoms with Crippen LogP contribution in [0.1, 0.15) is 35.1 Å². The smallest absolute Gasteiger partial charge is 0.451 e. The highest BCUT2D eigenvalue weighted by Gasteiger charge is 2.42. The van der Waals surface area contributed by atoms with Crippen molar-refractivity contribution in [3.8, 4) is 5.75 Å². The number of amides is 1. The van der Waals surface area contributed by atoms with Crippen molar-refractivity contribution in [3.63, 3.8) is 0 Å². The van der Waals surface area contributed by atoms with E-state index < -0.39 is 23.9 Å². The summed E-state index contributed by atoms with van der Waals surface area (Å²) < 4.78 is 59.8. The van der Waals surface area contributed by atoms with Crippen molar-refractivity contribution >= 4 is 5.91 Å². The Hall–Kier alpha value is -3.44. The summed E-state index contributed by atoms with van der Waals surface area (Å²) in [6.45, 7) is 1.58. The summed E-state index contributed by atoms with van der Waals surface area (Å²) in [4.78, 5) is 14.2. The lowest BCUT2D eigenvalue weighted by molar-refractivity contribution is -0.148. The monoisotopic (exact) mass is 424 g/mol. The molecule has 1 aliphatic heterocycles. The molecule has 1 aliphatic rings. The lowest BCUT2D eigenvalue weighted by Crippen LogP contribution is -2.42. The zero-order valence-electron chi connectivity index (χ0n) is 15.7. The average molecular weight is 424 g/mol. The van der Waals surface area contributed by atoms with Crippen LogP contribution in [0.25, 0.3) is 0 Å². The lowest BCUT2D eigenvalue weighted by Gasteiger charge is -2.33. The van der Waals surface area contributed by atoms with Gasteiger partial charge >= 0.3 is 6.18 Å². The molecule has 3 aromatic rings. The number of carbonyl (C=O) groups is 1. The van der Waals surface area contributed by atoms with Crippen LogP contribution in [-0.2, 0) is 19.5 Å². The van der Waals surface area contributed by atoms with Crippen molar-refractivity contribution in [1.82, 2.24) is 29.4 Å². The Labute approximate surface area is 167 Å². The van der Waals surface area contributed by atoms with Crippen molar-refractivity contribution < 1.29 is 27.1 Å². The molecule has 1 amide bonds. The predicted molar refractivity (Wildman–Crippen MR) is 93.7 cm³/mol. The van der Waals surface area contributed by atoms with Gasteiger partial charge in [-0.25, -0.2) is 9.07 Å². The van der Waals surface area contributed by atoms with Gasteiger partial charge in [0.05, 0.1) is 6.04 Å². The molecule has 2 aromatic heterocycles. The van der Waals surface area contributed by atoms with Crippen LogP contribution in [0, 0.1) is 5.82 Å². The van der Waals surface area contributed by atoms with E-state index in [1.165, 1.54) is 46.1 Å². The summed E-state index contributed by atoms with van der Waals surface area (Å²) in [6.07, 6.45) is -3.07. The van der Waals surface area contributed by atoms with E-state index in [2.05, 4.69) is 15.3 Å². The third-order valence-corrected chi connectivity index (χ3v) is 4.74. The third kappa shape index (κ3) is 3.72. The fourth-order valence-corrected chi connectivity index (χ4v) is 3.24. The maximum Gasteiger partial charge on any atom is 0.451 e. The van der Waals surface area contributed by atoms with Crippen LogP contribution in [0.4, 0.5) is 17.6 Å². The van der Waals surface area contributed by atoms with E-state index in [1.807, 2.05) is 0 Å². The number of halogens is 4. The van der Waals surface area contributed by atoms with Crippen molar-refractivity contribution in [3.05, 3.63) is 59.7 Å². The number of fused-ring (bicyclic) bond motifs is 1. The number of aromatic nitrogens is 5. The molecule has 0 spiro atoms. The number of rotatable bonds is 4. The van der Waals surface area contributed by atoms with Gasteiger partial charge in [0.25, 0.3) is 5.91 Å². The van der Waals surface area contributed by atoms with E-state index in [-0.39, 0.29) is 37.2 Å². The minimum absolute atomic E-state index is 0.00225. The van der Waals surface area contributed by atoms with E-state index in [9.17, 15) is 22.4 Å². The molecule has 1 atom stereocenters. The summed E-state index contributed by atoms with van der Waals surface area (Å²) in [5, 5.41) is 11.0. The number of benzene rings is 1. The maximum atomic E-state index is 13.0. The molecule has 0 bridgehead atoms. The Kier molecular flexibility index (Phi) is 4.92. The Morgan fingerprint density at radius 3 is 2.60 bits per heavy atom. The molecule has 3 heterocycles. The molecule has 0 fully saturated rings. The molecule has 0 aliphatic carbocycles. The van der Waals surface area contributed by atoms with Gasteiger partial charge in [-0.3, -0.25) is 4.79 Å². The molecule has 1 aromatic carbocycles. The summed E-state index contributed by atoms with van der Waals surface area (Å²) in [6, 6.07) is 6.23. The van der Waals surface area contributed by atoms with Gasteiger partial charge in [0.1, 0.15) is 11.6 Å². The summed E-state index contributed by atoms with van der Waals surface area (Å²) in [5.74, 6) is -1.39. The first-order valence-corrected chi connectivity index (χ1v) is 8.97. The van der Waals surface area contributed by atoms with Gasteiger partial charge in [-0.2, -0.15) is 18.3 Å². The maximum absolute atomic E-state index is 13.0. The molecule has 4 rings (SSSR count). The largest absolute Gasteiger partial charge is 0.471 e. The molecule has 0 saturated heterocycles. The number of nitrogens with zero attached hydrogens (tertiary/aromatic N) is 6.